The maximum absolute atomic E-state index is 11.9. The summed E-state index contributed by atoms with van der Waals surface area (Å²) < 4.78 is 6.97. The van der Waals surface area contributed by atoms with Crippen LogP contribution in [0.15, 0.2) is 24.3 Å². The van der Waals surface area contributed by atoms with E-state index in [1.807, 2.05) is 35.9 Å². The number of para-hydroxylation sites is 1. The molecule has 1 atom stereocenters. The molecule has 0 aliphatic rings. The van der Waals surface area contributed by atoms with E-state index in [1.165, 1.54) is 0 Å². The van der Waals surface area contributed by atoms with Crippen molar-refractivity contribution in [3.05, 3.63) is 30.0 Å². The smallest absolute Gasteiger partial charge is 0.167 e. The molecule has 0 aliphatic heterocycles. The Morgan fingerprint density at radius 2 is 2.17 bits per heavy atom. The first-order chi connectivity index (χ1) is 8.67. The Morgan fingerprint density at radius 1 is 1.44 bits per heavy atom. The monoisotopic (exact) mass is 246 g/mol. The summed E-state index contributed by atoms with van der Waals surface area (Å²) in [6, 6.07) is 7.99. The summed E-state index contributed by atoms with van der Waals surface area (Å²) in [5.74, 6) is 0.0593. The lowest BCUT2D eigenvalue weighted by molar-refractivity contribution is -0.127. The summed E-state index contributed by atoms with van der Waals surface area (Å²) >= 11 is 0. The van der Waals surface area contributed by atoms with Crippen molar-refractivity contribution in [2.45, 2.75) is 32.9 Å². The first-order valence-corrected chi connectivity index (χ1v) is 6.17. The number of ether oxygens (including phenoxy) is 1. The fraction of sp³-hybridized carbons (Fsp3) is 0.429. The molecule has 96 valence electrons. The van der Waals surface area contributed by atoms with E-state index in [2.05, 4.69) is 5.10 Å². The minimum Gasteiger partial charge on any atom is -0.374 e. The maximum Gasteiger partial charge on any atom is 0.167 e. The van der Waals surface area contributed by atoms with E-state index in [9.17, 15) is 4.79 Å². The molecule has 0 spiro atoms. The standard InChI is InChI=1S/C14H18N2O2/c1-4-16-13-8-6-5-7-11(13)12(15-16)9-14(17)10(2)18-3/h5-8,10H,4,9H2,1-3H3. The second-order valence-corrected chi connectivity index (χ2v) is 4.30. The highest BCUT2D eigenvalue weighted by Gasteiger charge is 2.17. The van der Waals surface area contributed by atoms with Crippen LogP contribution in [-0.2, 0) is 22.5 Å². The van der Waals surface area contributed by atoms with Crippen molar-refractivity contribution in [2.24, 2.45) is 0 Å². The van der Waals surface area contributed by atoms with E-state index >= 15 is 0 Å². The first-order valence-electron chi connectivity index (χ1n) is 6.17. The average molecular weight is 246 g/mol. The minimum absolute atomic E-state index is 0.0593. The van der Waals surface area contributed by atoms with Crippen LogP contribution in [0.2, 0.25) is 0 Å². The molecular weight excluding hydrogens is 228 g/mol. The quantitative estimate of drug-likeness (QED) is 0.812. The third-order valence-electron chi connectivity index (χ3n) is 3.18. The predicted molar refractivity (Wildman–Crippen MR) is 70.6 cm³/mol. The van der Waals surface area contributed by atoms with Gasteiger partial charge in [-0.25, -0.2) is 0 Å². The second-order valence-electron chi connectivity index (χ2n) is 4.30. The molecule has 1 heterocycles. The molecule has 0 saturated heterocycles. The van der Waals surface area contributed by atoms with Crippen LogP contribution in [0.3, 0.4) is 0 Å². The Balaban J connectivity index is 2.36. The molecule has 1 unspecified atom stereocenters. The summed E-state index contributed by atoms with van der Waals surface area (Å²) in [7, 11) is 1.55. The van der Waals surface area contributed by atoms with Crippen LogP contribution < -0.4 is 0 Å². The van der Waals surface area contributed by atoms with Crippen LogP contribution in [0.4, 0.5) is 0 Å². The van der Waals surface area contributed by atoms with Crippen LogP contribution in [0.1, 0.15) is 19.5 Å². The van der Waals surface area contributed by atoms with Gasteiger partial charge in [-0.2, -0.15) is 5.10 Å². The number of aromatic nitrogens is 2. The van der Waals surface area contributed by atoms with E-state index in [1.54, 1.807) is 14.0 Å². The van der Waals surface area contributed by atoms with Gasteiger partial charge in [0.15, 0.2) is 5.78 Å². The van der Waals surface area contributed by atoms with E-state index in [0.717, 1.165) is 23.1 Å². The average Bonchev–Trinajstić information content (AvgIpc) is 2.76. The summed E-state index contributed by atoms with van der Waals surface area (Å²) in [4.78, 5) is 11.9. The van der Waals surface area contributed by atoms with E-state index in [0.29, 0.717) is 6.42 Å². The Hall–Kier alpha value is -1.68. The lowest BCUT2D eigenvalue weighted by Gasteiger charge is -2.06. The first kappa shape index (κ1) is 12.8. The molecule has 0 bridgehead atoms. The van der Waals surface area contributed by atoms with Gasteiger partial charge in [-0.3, -0.25) is 9.48 Å². The fourth-order valence-corrected chi connectivity index (χ4v) is 2.01. The fourth-order valence-electron chi connectivity index (χ4n) is 2.01. The van der Waals surface area contributed by atoms with Gasteiger partial charge in [-0.05, 0) is 19.9 Å². The Morgan fingerprint density at radius 3 is 2.83 bits per heavy atom. The van der Waals surface area contributed by atoms with E-state index < -0.39 is 0 Å². The highest BCUT2D eigenvalue weighted by Crippen LogP contribution is 2.19. The SMILES string of the molecule is CCn1nc(CC(=O)C(C)OC)c2ccccc21. The highest BCUT2D eigenvalue weighted by molar-refractivity contribution is 5.90. The van der Waals surface area contributed by atoms with Crippen LogP contribution in [0.5, 0.6) is 0 Å². The molecular formula is C14H18N2O2. The van der Waals surface area contributed by atoms with Gasteiger partial charge in [0, 0.05) is 19.0 Å². The summed E-state index contributed by atoms with van der Waals surface area (Å²) in [6.07, 6.45) is -0.0572. The zero-order valence-corrected chi connectivity index (χ0v) is 11.0. The molecule has 0 N–H and O–H groups in total. The third kappa shape index (κ3) is 2.29. The van der Waals surface area contributed by atoms with Crippen LogP contribution >= 0.6 is 0 Å². The van der Waals surface area contributed by atoms with Crippen molar-refractivity contribution >= 4 is 16.7 Å². The summed E-state index contributed by atoms with van der Waals surface area (Å²) in [5.41, 5.74) is 1.91. The molecule has 4 nitrogen and oxygen atoms in total. The number of fused-ring (bicyclic) bond motifs is 1. The number of carbonyl (C=O) groups excluding carboxylic acids is 1. The van der Waals surface area contributed by atoms with Crippen molar-refractivity contribution in [3.8, 4) is 0 Å². The number of hydrogen-bond acceptors (Lipinski definition) is 3. The van der Waals surface area contributed by atoms with E-state index in [-0.39, 0.29) is 11.9 Å². The van der Waals surface area contributed by atoms with Gasteiger partial charge in [0.1, 0.15) is 6.10 Å². The molecule has 0 radical (unpaired) electrons. The van der Waals surface area contributed by atoms with Crippen molar-refractivity contribution < 1.29 is 9.53 Å². The van der Waals surface area contributed by atoms with Crippen LogP contribution in [-0.4, -0.2) is 28.8 Å². The van der Waals surface area contributed by atoms with Gasteiger partial charge in [-0.15, -0.1) is 0 Å². The van der Waals surface area contributed by atoms with Gasteiger partial charge in [0.2, 0.25) is 0 Å². The lowest BCUT2D eigenvalue weighted by Crippen LogP contribution is -2.21. The van der Waals surface area contributed by atoms with Crippen molar-refractivity contribution in [2.75, 3.05) is 7.11 Å². The number of benzene rings is 1. The van der Waals surface area contributed by atoms with Crippen molar-refractivity contribution in [1.29, 1.82) is 0 Å². The number of aryl methyl sites for hydroxylation is 1. The molecule has 0 saturated carbocycles. The minimum atomic E-state index is -0.379. The topological polar surface area (TPSA) is 44.1 Å². The van der Waals surface area contributed by atoms with Crippen LogP contribution in [0.25, 0.3) is 10.9 Å². The Bertz CT molecular complexity index is 560. The zero-order chi connectivity index (χ0) is 13.1. The molecule has 0 aliphatic carbocycles. The molecule has 1 aromatic carbocycles. The van der Waals surface area contributed by atoms with Crippen LogP contribution in [0, 0.1) is 0 Å². The van der Waals surface area contributed by atoms with Gasteiger partial charge in [0.25, 0.3) is 0 Å². The predicted octanol–water partition coefficient (Wildman–Crippen LogP) is 2.20. The molecule has 0 fully saturated rings. The molecule has 1 aromatic heterocycles. The van der Waals surface area contributed by atoms with Gasteiger partial charge in [0.05, 0.1) is 17.6 Å². The zero-order valence-electron chi connectivity index (χ0n) is 11.0. The lowest BCUT2D eigenvalue weighted by atomic mass is 10.1. The molecule has 2 aromatic rings. The summed E-state index contributed by atoms with van der Waals surface area (Å²) in [6.45, 7) is 4.61. The van der Waals surface area contributed by atoms with Gasteiger partial charge < -0.3 is 4.74 Å². The number of nitrogens with zero attached hydrogens (tertiary/aromatic N) is 2. The normalized spacial score (nSPS) is 12.8. The number of methoxy groups -OCH3 is 1. The Kier molecular flexibility index (Phi) is 3.77. The molecule has 2 rings (SSSR count). The molecule has 18 heavy (non-hydrogen) atoms. The molecule has 0 amide bonds. The van der Waals surface area contributed by atoms with Crippen molar-refractivity contribution in [1.82, 2.24) is 9.78 Å². The molecule has 4 heteroatoms. The number of rotatable bonds is 5. The third-order valence-corrected chi connectivity index (χ3v) is 3.18. The summed E-state index contributed by atoms with van der Waals surface area (Å²) in [5, 5.41) is 5.56. The van der Waals surface area contributed by atoms with Gasteiger partial charge in [-0.1, -0.05) is 18.2 Å². The van der Waals surface area contributed by atoms with Crippen molar-refractivity contribution in [3.63, 3.8) is 0 Å². The number of Topliss-reactive ketones (excluding diaryl/α,β-unsaturated/α-hetero) is 1. The number of carbonyl (C=O) groups is 1. The number of hydrogen-bond donors (Lipinski definition) is 0. The van der Waals surface area contributed by atoms with E-state index in [4.69, 9.17) is 4.74 Å². The largest absolute Gasteiger partial charge is 0.374 e. The highest BCUT2D eigenvalue weighted by atomic mass is 16.5. The Labute approximate surface area is 107 Å². The second kappa shape index (κ2) is 5.31. The maximum atomic E-state index is 11.9. The van der Waals surface area contributed by atoms with Gasteiger partial charge >= 0.3 is 0 Å². The number of ketones is 1.